The molecule has 4 aliphatic heterocycles. The van der Waals surface area contributed by atoms with Gasteiger partial charge in [-0.3, -0.25) is 19.3 Å². The van der Waals surface area contributed by atoms with E-state index in [0.29, 0.717) is 27.8 Å². The van der Waals surface area contributed by atoms with Gasteiger partial charge in [-0.05, 0) is 42.9 Å². The predicted octanol–water partition coefficient (Wildman–Crippen LogP) is 4.56. The van der Waals surface area contributed by atoms with Gasteiger partial charge < -0.3 is 5.32 Å². The Morgan fingerprint density at radius 3 is 2.43 bits per heavy atom. The van der Waals surface area contributed by atoms with Gasteiger partial charge >= 0.3 is 0 Å². The van der Waals surface area contributed by atoms with Crippen molar-refractivity contribution in [2.24, 2.45) is 17.3 Å². The Kier molecular flexibility index (Phi) is 4.53. The van der Waals surface area contributed by atoms with Gasteiger partial charge in [-0.1, -0.05) is 46.4 Å². The van der Waals surface area contributed by atoms with E-state index < -0.39 is 23.3 Å². The van der Waals surface area contributed by atoms with Crippen LogP contribution in [0.4, 0.5) is 11.5 Å². The molecule has 4 fully saturated rings. The van der Waals surface area contributed by atoms with Crippen molar-refractivity contribution in [3.05, 3.63) is 50.0 Å². The zero-order valence-electron chi connectivity index (χ0n) is 18.2. The summed E-state index contributed by atoms with van der Waals surface area (Å²) in [5.41, 5.74) is -0.138. The third-order valence-electron chi connectivity index (χ3n) is 8.46. The van der Waals surface area contributed by atoms with Crippen molar-refractivity contribution >= 4 is 75.5 Å². The number of hydrogen-bond acceptors (Lipinski definition) is 6. The number of carbonyl (C=O) groups excluding carboxylic acids is 3. The van der Waals surface area contributed by atoms with Crippen LogP contribution in [0.5, 0.6) is 0 Å². The molecule has 1 aromatic carbocycles. The van der Waals surface area contributed by atoms with E-state index in [4.69, 9.17) is 46.4 Å². The summed E-state index contributed by atoms with van der Waals surface area (Å²) in [7, 11) is 0. The second-order valence-electron chi connectivity index (χ2n) is 10.2. The second-order valence-corrected chi connectivity index (χ2v) is 11.9. The molecule has 11 heteroatoms. The highest BCUT2D eigenvalue weighted by Crippen LogP contribution is 2.67. The SMILES string of the molecule is O=C1C2C3CC4(CC4)CN3C3(C(=O)CNc4c(Cl)cc(Cl)cc43)C2C(=O)N1c1cc(Cl)cc(Cl)n1. The number of amides is 2. The van der Waals surface area contributed by atoms with E-state index in [9.17, 15) is 14.4 Å². The van der Waals surface area contributed by atoms with Crippen molar-refractivity contribution < 1.29 is 14.4 Å². The number of benzene rings is 1. The maximum atomic E-state index is 14.1. The van der Waals surface area contributed by atoms with Crippen LogP contribution in [0.3, 0.4) is 0 Å². The van der Waals surface area contributed by atoms with Gasteiger partial charge in [0.25, 0.3) is 0 Å². The molecule has 1 N–H and O–H groups in total. The van der Waals surface area contributed by atoms with Gasteiger partial charge in [0.2, 0.25) is 11.8 Å². The molecule has 0 bridgehead atoms. The van der Waals surface area contributed by atoms with Gasteiger partial charge in [0.05, 0.1) is 29.1 Å². The minimum atomic E-state index is -1.35. The molecule has 1 saturated carbocycles. The van der Waals surface area contributed by atoms with E-state index in [-0.39, 0.29) is 45.7 Å². The molecule has 7 nitrogen and oxygen atoms in total. The number of nitrogens with zero attached hydrogens (tertiary/aromatic N) is 3. The highest BCUT2D eigenvalue weighted by molar-refractivity contribution is 6.37. The van der Waals surface area contributed by atoms with Crippen LogP contribution < -0.4 is 10.2 Å². The monoisotopic (exact) mass is 550 g/mol. The highest BCUT2D eigenvalue weighted by atomic mass is 35.5. The summed E-state index contributed by atoms with van der Waals surface area (Å²) in [4.78, 5) is 49.5. The average molecular weight is 552 g/mol. The number of fused-ring (bicyclic) bond motifs is 7. The normalized spacial score (nSPS) is 32.3. The van der Waals surface area contributed by atoms with Crippen LogP contribution in [0.15, 0.2) is 24.3 Å². The largest absolute Gasteiger partial charge is 0.376 e. The molecule has 4 atom stereocenters. The molecule has 2 spiro atoms. The van der Waals surface area contributed by atoms with Crippen molar-refractivity contribution in [1.29, 1.82) is 0 Å². The van der Waals surface area contributed by atoms with E-state index in [1.165, 1.54) is 12.1 Å². The maximum absolute atomic E-state index is 14.1. The number of Topliss-reactive ketones (excluding diaryl/α,β-unsaturated/α-hetero) is 1. The minimum absolute atomic E-state index is 0.00347. The van der Waals surface area contributed by atoms with Gasteiger partial charge in [0, 0.05) is 34.3 Å². The molecule has 2 amide bonds. The number of anilines is 2. The Balaban J connectivity index is 1.47. The number of rotatable bonds is 1. The van der Waals surface area contributed by atoms with E-state index in [1.807, 2.05) is 0 Å². The first-order chi connectivity index (χ1) is 16.7. The fraction of sp³-hybridized carbons (Fsp3) is 0.417. The first-order valence-corrected chi connectivity index (χ1v) is 12.9. The molecular weight excluding hydrogens is 534 g/mol. The topological polar surface area (TPSA) is 82.6 Å². The zero-order valence-corrected chi connectivity index (χ0v) is 21.2. The van der Waals surface area contributed by atoms with E-state index in [1.54, 1.807) is 12.1 Å². The Bertz CT molecular complexity index is 1360. The van der Waals surface area contributed by atoms with Gasteiger partial charge in [-0.2, -0.15) is 0 Å². The van der Waals surface area contributed by atoms with Crippen LogP contribution >= 0.6 is 46.4 Å². The van der Waals surface area contributed by atoms with Crippen LogP contribution in [0.2, 0.25) is 20.2 Å². The fourth-order valence-electron chi connectivity index (χ4n) is 7.00. The number of nitrogens with one attached hydrogen (secondary N) is 1. The predicted molar refractivity (Wildman–Crippen MR) is 132 cm³/mol. The number of imide groups is 1. The van der Waals surface area contributed by atoms with Crippen molar-refractivity contribution in [2.75, 3.05) is 23.3 Å². The average Bonchev–Trinajstić information content (AvgIpc) is 3.23. The third kappa shape index (κ3) is 2.79. The number of aromatic nitrogens is 1. The number of carbonyl (C=O) groups is 3. The Hall–Kier alpha value is -1.90. The van der Waals surface area contributed by atoms with Crippen LogP contribution in [-0.2, 0) is 19.9 Å². The van der Waals surface area contributed by atoms with Gasteiger partial charge in [-0.25, -0.2) is 9.88 Å². The summed E-state index contributed by atoms with van der Waals surface area (Å²) >= 11 is 25.3. The van der Waals surface area contributed by atoms with E-state index in [2.05, 4.69) is 15.2 Å². The number of halogens is 4. The molecule has 1 aromatic heterocycles. The lowest BCUT2D eigenvalue weighted by atomic mass is 9.69. The second kappa shape index (κ2) is 7.11. The van der Waals surface area contributed by atoms with E-state index >= 15 is 0 Å². The smallest absolute Gasteiger partial charge is 0.241 e. The summed E-state index contributed by atoms with van der Waals surface area (Å²) in [5, 5.41) is 4.18. The minimum Gasteiger partial charge on any atom is -0.376 e. The van der Waals surface area contributed by atoms with Gasteiger partial charge in [0.15, 0.2) is 5.78 Å². The molecule has 2 aromatic rings. The number of pyridine rings is 1. The molecular formula is C24H18Cl4N4O3. The van der Waals surface area contributed by atoms with Crippen molar-refractivity contribution in [2.45, 2.75) is 30.8 Å². The number of ketones is 1. The molecule has 7 rings (SSSR count). The number of hydrogen-bond donors (Lipinski definition) is 1. The van der Waals surface area contributed by atoms with Crippen LogP contribution in [-0.4, -0.2) is 46.6 Å². The highest BCUT2D eigenvalue weighted by Gasteiger charge is 2.76. The molecule has 1 aliphatic carbocycles. The third-order valence-corrected chi connectivity index (χ3v) is 9.39. The van der Waals surface area contributed by atoms with Gasteiger partial charge in [-0.15, -0.1) is 0 Å². The Morgan fingerprint density at radius 1 is 0.971 bits per heavy atom. The first kappa shape index (κ1) is 22.3. The standard InChI is InChI=1S/C24H18Cl4N4O3/c25-10-3-12-20(13(27)4-10)29-8-15(33)24(12)19-18(14-7-23(1-2-23)9-31(14)24)21(34)32(22(19)35)17-6-11(26)5-16(28)30-17/h3-6,14,18-19,29H,1-2,7-9H2. The molecule has 3 saturated heterocycles. The quantitative estimate of drug-likeness (QED) is 0.413. The summed E-state index contributed by atoms with van der Waals surface area (Å²) < 4.78 is 0. The molecule has 180 valence electrons. The summed E-state index contributed by atoms with van der Waals surface area (Å²) in [6.45, 7) is 0.651. The van der Waals surface area contributed by atoms with Crippen LogP contribution in [0.25, 0.3) is 0 Å². The lowest BCUT2D eigenvalue weighted by Crippen LogP contribution is -2.59. The van der Waals surface area contributed by atoms with Crippen LogP contribution in [0.1, 0.15) is 24.8 Å². The van der Waals surface area contributed by atoms with Crippen molar-refractivity contribution in [3.63, 3.8) is 0 Å². The van der Waals surface area contributed by atoms with Crippen molar-refractivity contribution in [1.82, 2.24) is 9.88 Å². The molecule has 0 radical (unpaired) electrons. The lowest BCUT2D eigenvalue weighted by molar-refractivity contribution is -0.138. The molecule has 4 unspecified atom stereocenters. The maximum Gasteiger partial charge on any atom is 0.241 e. The first-order valence-electron chi connectivity index (χ1n) is 11.4. The Labute approximate surface area is 220 Å². The summed E-state index contributed by atoms with van der Waals surface area (Å²) in [5.74, 6) is -2.59. The fourth-order valence-corrected chi connectivity index (χ4v) is 8.02. The molecule has 5 heterocycles. The zero-order chi connectivity index (χ0) is 24.4. The molecule has 5 aliphatic rings. The van der Waals surface area contributed by atoms with Crippen LogP contribution in [0, 0.1) is 17.3 Å². The lowest BCUT2D eigenvalue weighted by Gasteiger charge is -2.44. The molecule has 35 heavy (non-hydrogen) atoms. The Morgan fingerprint density at radius 2 is 1.71 bits per heavy atom. The summed E-state index contributed by atoms with van der Waals surface area (Å²) in [6.07, 6.45) is 2.84. The van der Waals surface area contributed by atoms with E-state index in [0.717, 1.165) is 24.2 Å². The van der Waals surface area contributed by atoms with Gasteiger partial charge in [0.1, 0.15) is 16.5 Å². The summed E-state index contributed by atoms with van der Waals surface area (Å²) in [6, 6.07) is 5.94. The van der Waals surface area contributed by atoms with Crippen molar-refractivity contribution in [3.8, 4) is 0 Å².